The molecular weight excluding hydrogens is 339 g/mol. The second kappa shape index (κ2) is 5.84. The number of carbonyl (C=O) groups excluding carboxylic acids is 1. The Morgan fingerprint density at radius 3 is 2.79 bits per heavy atom. The Hall–Kier alpha value is -1.96. The number of nitrogens with zero attached hydrogens (tertiary/aromatic N) is 2. The molecular formula is C16H16F3N3OS. The second-order valence-corrected chi connectivity index (χ2v) is 7.37. The van der Waals surface area contributed by atoms with Crippen LogP contribution in [0, 0.1) is 5.82 Å². The number of hydrogen-bond acceptors (Lipinski definition) is 4. The van der Waals surface area contributed by atoms with Crippen molar-refractivity contribution >= 4 is 23.1 Å². The fraction of sp³-hybridized carbons (Fsp3) is 0.438. The van der Waals surface area contributed by atoms with E-state index in [2.05, 4.69) is 14.9 Å². The zero-order valence-electron chi connectivity index (χ0n) is 13.4. The van der Waals surface area contributed by atoms with E-state index in [1.807, 2.05) is 20.8 Å². The van der Waals surface area contributed by atoms with E-state index in [0.29, 0.717) is 22.8 Å². The smallest absolute Gasteiger partial charge is 0.283 e. The van der Waals surface area contributed by atoms with Gasteiger partial charge in [0, 0.05) is 5.69 Å². The molecule has 128 valence electrons. The van der Waals surface area contributed by atoms with Gasteiger partial charge in [0.05, 0.1) is 0 Å². The molecule has 0 saturated heterocycles. The van der Waals surface area contributed by atoms with Gasteiger partial charge in [-0.1, -0.05) is 25.3 Å². The monoisotopic (exact) mass is 355 g/mol. The molecule has 1 aliphatic carbocycles. The number of benzene rings is 1. The van der Waals surface area contributed by atoms with Gasteiger partial charge in [0.25, 0.3) is 12.3 Å². The number of anilines is 1. The molecule has 0 aliphatic heterocycles. The molecule has 0 radical (unpaired) electrons. The fourth-order valence-electron chi connectivity index (χ4n) is 3.55. The van der Waals surface area contributed by atoms with Crippen LogP contribution < -0.4 is 5.32 Å². The minimum Gasteiger partial charge on any atom is -0.321 e. The van der Waals surface area contributed by atoms with Crippen LogP contribution in [0.15, 0.2) is 12.1 Å². The van der Waals surface area contributed by atoms with Crippen molar-refractivity contribution < 1.29 is 18.0 Å². The normalized spacial score (nSPS) is 18.7. The summed E-state index contributed by atoms with van der Waals surface area (Å²) >= 11 is 0.615. The SMILES string of the molecule is CC1CC(C)(C)c2c(F)ccc(NC(=O)c3snnc3C(F)F)c21. The molecule has 24 heavy (non-hydrogen) atoms. The van der Waals surface area contributed by atoms with Crippen LogP contribution in [-0.2, 0) is 5.41 Å². The summed E-state index contributed by atoms with van der Waals surface area (Å²) < 4.78 is 43.5. The molecule has 0 spiro atoms. The summed E-state index contributed by atoms with van der Waals surface area (Å²) in [6.45, 7) is 5.86. The van der Waals surface area contributed by atoms with E-state index in [1.165, 1.54) is 12.1 Å². The summed E-state index contributed by atoms with van der Waals surface area (Å²) in [5.74, 6) is -0.966. The first-order valence-corrected chi connectivity index (χ1v) is 8.24. The lowest BCUT2D eigenvalue weighted by Gasteiger charge is -2.20. The van der Waals surface area contributed by atoms with Crippen LogP contribution in [0.3, 0.4) is 0 Å². The Morgan fingerprint density at radius 1 is 1.42 bits per heavy atom. The zero-order valence-corrected chi connectivity index (χ0v) is 14.2. The van der Waals surface area contributed by atoms with E-state index in [1.54, 1.807) is 0 Å². The van der Waals surface area contributed by atoms with Crippen molar-refractivity contribution in [3.05, 3.63) is 39.6 Å². The Balaban J connectivity index is 1.99. The highest BCUT2D eigenvalue weighted by Gasteiger charge is 2.39. The third-order valence-electron chi connectivity index (χ3n) is 4.36. The minimum atomic E-state index is -2.87. The topological polar surface area (TPSA) is 54.9 Å². The number of hydrogen-bond donors (Lipinski definition) is 1. The molecule has 0 bridgehead atoms. The van der Waals surface area contributed by atoms with Crippen LogP contribution in [0.2, 0.25) is 0 Å². The van der Waals surface area contributed by atoms with Gasteiger partial charge in [0.1, 0.15) is 10.7 Å². The molecule has 1 unspecified atom stereocenters. The highest BCUT2D eigenvalue weighted by molar-refractivity contribution is 7.08. The number of nitrogens with one attached hydrogen (secondary N) is 1. The van der Waals surface area contributed by atoms with Gasteiger partial charge in [-0.25, -0.2) is 13.2 Å². The lowest BCUT2D eigenvalue weighted by atomic mass is 9.86. The van der Waals surface area contributed by atoms with Crippen molar-refractivity contribution in [2.45, 2.75) is 45.0 Å². The number of aromatic nitrogens is 2. The van der Waals surface area contributed by atoms with E-state index in [4.69, 9.17) is 0 Å². The highest BCUT2D eigenvalue weighted by Crippen LogP contribution is 2.49. The van der Waals surface area contributed by atoms with Gasteiger partial charge in [-0.2, -0.15) is 0 Å². The van der Waals surface area contributed by atoms with Gasteiger partial charge in [0.2, 0.25) is 0 Å². The molecule has 8 heteroatoms. The molecule has 2 aromatic rings. The average Bonchev–Trinajstić information content (AvgIpc) is 3.05. The molecule has 1 atom stereocenters. The van der Waals surface area contributed by atoms with E-state index < -0.39 is 18.0 Å². The number of fused-ring (bicyclic) bond motifs is 1. The standard InChI is InChI=1S/C16H16F3N3OS/c1-7-6-16(2,3)11-8(17)4-5-9(10(7)11)20-15(23)13-12(14(18)19)21-22-24-13/h4-5,7,14H,6H2,1-3H3,(H,20,23). The van der Waals surface area contributed by atoms with Crippen molar-refractivity contribution in [2.24, 2.45) is 0 Å². The molecule has 1 aliphatic rings. The van der Waals surface area contributed by atoms with Crippen molar-refractivity contribution in [1.29, 1.82) is 0 Å². The van der Waals surface area contributed by atoms with Gasteiger partial charge < -0.3 is 5.32 Å². The molecule has 4 nitrogen and oxygen atoms in total. The lowest BCUT2D eigenvalue weighted by molar-refractivity contribution is 0.101. The van der Waals surface area contributed by atoms with Crippen LogP contribution in [-0.4, -0.2) is 15.5 Å². The molecule has 1 aromatic heterocycles. The van der Waals surface area contributed by atoms with Gasteiger partial charge in [-0.3, -0.25) is 4.79 Å². The number of alkyl halides is 2. The maximum Gasteiger partial charge on any atom is 0.283 e. The summed E-state index contributed by atoms with van der Waals surface area (Å²) in [5, 5.41) is 5.93. The van der Waals surface area contributed by atoms with Crippen LogP contribution >= 0.6 is 11.5 Å². The maximum atomic E-state index is 14.3. The van der Waals surface area contributed by atoms with Crippen LogP contribution in [0.25, 0.3) is 0 Å². The summed E-state index contributed by atoms with van der Waals surface area (Å²) in [6, 6.07) is 2.77. The predicted octanol–water partition coefficient (Wildman–Crippen LogP) is 4.65. The van der Waals surface area contributed by atoms with Crippen LogP contribution in [0.1, 0.15) is 66.0 Å². The Labute approximate surface area is 141 Å². The second-order valence-electron chi connectivity index (χ2n) is 6.61. The minimum absolute atomic E-state index is 0.0511. The Bertz CT molecular complexity index is 804. The molecule has 0 fully saturated rings. The largest absolute Gasteiger partial charge is 0.321 e. The summed E-state index contributed by atoms with van der Waals surface area (Å²) in [7, 11) is 0. The third-order valence-corrected chi connectivity index (χ3v) is 5.10. The third kappa shape index (κ3) is 2.68. The van der Waals surface area contributed by atoms with Gasteiger partial charge >= 0.3 is 0 Å². The van der Waals surface area contributed by atoms with Gasteiger partial charge in [-0.05, 0) is 52.5 Å². The van der Waals surface area contributed by atoms with Gasteiger partial charge in [-0.15, -0.1) is 5.10 Å². The molecule has 3 rings (SSSR count). The van der Waals surface area contributed by atoms with E-state index >= 15 is 0 Å². The summed E-state index contributed by atoms with van der Waals surface area (Å²) in [5.41, 5.74) is 0.765. The maximum absolute atomic E-state index is 14.3. The summed E-state index contributed by atoms with van der Waals surface area (Å²) in [6.07, 6.45) is -2.13. The van der Waals surface area contributed by atoms with E-state index in [0.717, 1.165) is 12.0 Å². The van der Waals surface area contributed by atoms with Crippen molar-refractivity contribution in [3.8, 4) is 0 Å². The highest BCUT2D eigenvalue weighted by atomic mass is 32.1. The summed E-state index contributed by atoms with van der Waals surface area (Å²) in [4.78, 5) is 12.1. The molecule has 0 saturated carbocycles. The zero-order chi connectivity index (χ0) is 17.6. The quantitative estimate of drug-likeness (QED) is 0.872. The van der Waals surface area contributed by atoms with E-state index in [9.17, 15) is 18.0 Å². The Kier molecular flexibility index (Phi) is 4.11. The van der Waals surface area contributed by atoms with Gasteiger partial charge in [0.15, 0.2) is 5.69 Å². The average molecular weight is 355 g/mol. The van der Waals surface area contributed by atoms with Crippen molar-refractivity contribution in [3.63, 3.8) is 0 Å². The fourth-order valence-corrected chi connectivity index (χ4v) is 4.12. The first-order chi connectivity index (χ1) is 11.2. The molecule has 1 heterocycles. The number of carbonyl (C=O) groups is 1. The first kappa shape index (κ1) is 16.9. The number of amides is 1. The number of rotatable bonds is 3. The number of halogens is 3. The molecule has 1 amide bonds. The van der Waals surface area contributed by atoms with Crippen LogP contribution in [0.4, 0.5) is 18.9 Å². The van der Waals surface area contributed by atoms with Crippen molar-refractivity contribution in [1.82, 2.24) is 9.59 Å². The van der Waals surface area contributed by atoms with E-state index in [-0.39, 0.29) is 22.0 Å². The first-order valence-electron chi connectivity index (χ1n) is 7.47. The molecule has 1 N–H and O–H groups in total. The van der Waals surface area contributed by atoms with Crippen molar-refractivity contribution in [2.75, 3.05) is 5.32 Å². The molecule has 1 aromatic carbocycles. The predicted molar refractivity (Wildman–Crippen MR) is 85.3 cm³/mol. The Morgan fingerprint density at radius 2 is 2.12 bits per heavy atom. The van der Waals surface area contributed by atoms with Crippen LogP contribution in [0.5, 0.6) is 0 Å². The lowest BCUT2D eigenvalue weighted by Crippen LogP contribution is -2.16.